The van der Waals surface area contributed by atoms with Gasteiger partial charge in [-0.05, 0) is 6.42 Å². The van der Waals surface area contributed by atoms with E-state index in [1.807, 2.05) is 0 Å². The lowest BCUT2D eigenvalue weighted by Gasteiger charge is -2.15. The van der Waals surface area contributed by atoms with Gasteiger partial charge in [0.05, 0.1) is 13.2 Å². The Morgan fingerprint density at radius 2 is 2.09 bits per heavy atom. The largest absolute Gasteiger partial charge is 0.388 e. The van der Waals surface area contributed by atoms with E-state index in [1.54, 1.807) is 0 Å². The minimum Gasteiger partial charge on any atom is -0.388 e. The maximum absolute atomic E-state index is 9.43. The highest BCUT2D eigenvalue weighted by Gasteiger charge is 2.23. The molecule has 1 saturated heterocycles. The summed E-state index contributed by atoms with van der Waals surface area (Å²) in [6.45, 7) is 3.34. The molecule has 0 aromatic rings. The van der Waals surface area contributed by atoms with Gasteiger partial charge in [0.25, 0.3) is 0 Å². The Balaban J connectivity index is 2.12. The van der Waals surface area contributed by atoms with Crippen molar-refractivity contribution >= 4 is 0 Å². The number of rotatable bonds is 4. The third kappa shape index (κ3) is 2.77. The molecule has 0 bridgehead atoms. The van der Waals surface area contributed by atoms with E-state index < -0.39 is 6.10 Å². The van der Waals surface area contributed by atoms with Gasteiger partial charge in [-0.2, -0.15) is 0 Å². The predicted molar refractivity (Wildman–Crippen MR) is 41.2 cm³/mol. The summed E-state index contributed by atoms with van der Waals surface area (Å²) in [4.78, 5) is 0. The Bertz CT molecular complexity index is 99.5. The molecule has 1 fully saturated rings. The minimum absolute atomic E-state index is 0.360. The van der Waals surface area contributed by atoms with Crippen LogP contribution in [0.2, 0.25) is 0 Å². The van der Waals surface area contributed by atoms with Crippen molar-refractivity contribution < 1.29 is 14.6 Å². The fourth-order valence-electron chi connectivity index (χ4n) is 1.15. The molecule has 1 rings (SSSR count). The second kappa shape index (κ2) is 4.70. The topological polar surface area (TPSA) is 38.7 Å². The quantitative estimate of drug-likeness (QED) is 0.664. The van der Waals surface area contributed by atoms with Gasteiger partial charge >= 0.3 is 0 Å². The molecule has 0 unspecified atom stereocenters. The zero-order chi connectivity index (χ0) is 8.10. The van der Waals surface area contributed by atoms with Crippen molar-refractivity contribution in [3.63, 3.8) is 0 Å². The van der Waals surface area contributed by atoms with E-state index in [0.717, 1.165) is 19.3 Å². The smallest absolute Gasteiger partial charge is 0.183 e. The number of ether oxygens (including phenoxy) is 2. The summed E-state index contributed by atoms with van der Waals surface area (Å²) in [5, 5.41) is 9.43. The van der Waals surface area contributed by atoms with E-state index in [-0.39, 0.29) is 6.29 Å². The molecule has 3 nitrogen and oxygen atoms in total. The van der Waals surface area contributed by atoms with Gasteiger partial charge in [-0.25, -0.2) is 0 Å². The third-order valence-electron chi connectivity index (χ3n) is 1.82. The summed E-state index contributed by atoms with van der Waals surface area (Å²) in [6.07, 6.45) is 2.12. The maximum atomic E-state index is 9.43. The van der Waals surface area contributed by atoms with Crippen LogP contribution in [0.3, 0.4) is 0 Å². The number of hydrogen-bond acceptors (Lipinski definition) is 3. The van der Waals surface area contributed by atoms with Crippen molar-refractivity contribution in [3.8, 4) is 0 Å². The van der Waals surface area contributed by atoms with E-state index in [1.165, 1.54) is 0 Å². The molecule has 1 heterocycles. The number of aliphatic hydroxyl groups excluding tert-OH is 1. The van der Waals surface area contributed by atoms with Crippen molar-refractivity contribution in [2.75, 3.05) is 13.2 Å². The van der Waals surface area contributed by atoms with Gasteiger partial charge in [-0.3, -0.25) is 0 Å². The molecule has 0 radical (unpaired) electrons. The molecule has 11 heavy (non-hydrogen) atoms. The summed E-state index contributed by atoms with van der Waals surface area (Å²) in [6, 6.07) is 0. The van der Waals surface area contributed by atoms with Gasteiger partial charge in [0.1, 0.15) is 6.10 Å². The monoisotopic (exact) mass is 160 g/mol. The van der Waals surface area contributed by atoms with Crippen LogP contribution in [0.1, 0.15) is 26.2 Å². The molecule has 0 aromatic heterocycles. The fourth-order valence-corrected chi connectivity index (χ4v) is 1.15. The normalized spacial score (nSPS) is 22.4. The Hall–Kier alpha value is -0.120. The zero-order valence-corrected chi connectivity index (χ0v) is 6.95. The molecule has 0 saturated carbocycles. The standard InChI is InChI=1S/C8H16O3/c1-2-3-4-7(9)8-10-5-6-11-8/h7-9H,2-6H2,1H3/t7-/m1/s1. The van der Waals surface area contributed by atoms with Gasteiger partial charge in [-0.15, -0.1) is 0 Å². The molecule has 1 aliphatic heterocycles. The first-order chi connectivity index (χ1) is 5.34. The molecule has 1 atom stereocenters. The van der Waals surface area contributed by atoms with Crippen molar-refractivity contribution in [2.45, 2.75) is 38.6 Å². The minimum atomic E-state index is -0.433. The molecule has 0 aliphatic carbocycles. The summed E-state index contributed by atoms with van der Waals surface area (Å²) >= 11 is 0. The Morgan fingerprint density at radius 1 is 1.45 bits per heavy atom. The van der Waals surface area contributed by atoms with Crippen LogP contribution >= 0.6 is 0 Å². The van der Waals surface area contributed by atoms with Gasteiger partial charge in [0, 0.05) is 0 Å². The molecule has 0 spiro atoms. The molecule has 0 amide bonds. The van der Waals surface area contributed by atoms with Crippen LogP contribution in [0, 0.1) is 0 Å². The Labute approximate surface area is 67.3 Å². The highest BCUT2D eigenvalue weighted by atomic mass is 16.7. The van der Waals surface area contributed by atoms with Gasteiger partial charge < -0.3 is 14.6 Å². The lowest BCUT2D eigenvalue weighted by Crippen LogP contribution is -2.26. The fraction of sp³-hybridized carbons (Fsp3) is 1.00. The first-order valence-corrected chi connectivity index (χ1v) is 4.26. The van der Waals surface area contributed by atoms with Crippen LogP contribution in [-0.4, -0.2) is 30.7 Å². The first kappa shape index (κ1) is 8.97. The van der Waals surface area contributed by atoms with Crippen LogP contribution in [0.5, 0.6) is 0 Å². The summed E-state index contributed by atoms with van der Waals surface area (Å²) in [5.41, 5.74) is 0. The van der Waals surface area contributed by atoms with Gasteiger partial charge in [0.2, 0.25) is 0 Å². The lowest BCUT2D eigenvalue weighted by molar-refractivity contribution is -0.122. The molecular formula is C8H16O3. The highest BCUT2D eigenvalue weighted by molar-refractivity contribution is 4.63. The average Bonchev–Trinajstić information content (AvgIpc) is 2.52. The Morgan fingerprint density at radius 3 is 2.64 bits per heavy atom. The SMILES string of the molecule is CCCC[C@@H](O)C1OCCO1. The van der Waals surface area contributed by atoms with Crippen molar-refractivity contribution in [1.29, 1.82) is 0 Å². The predicted octanol–water partition coefficient (Wildman–Crippen LogP) is 0.910. The maximum Gasteiger partial charge on any atom is 0.183 e. The van der Waals surface area contributed by atoms with Crippen LogP contribution in [0.25, 0.3) is 0 Å². The number of unbranched alkanes of at least 4 members (excludes halogenated alkanes) is 1. The van der Waals surface area contributed by atoms with E-state index in [9.17, 15) is 5.11 Å². The molecule has 0 aromatic carbocycles. The molecule has 3 heteroatoms. The third-order valence-corrected chi connectivity index (χ3v) is 1.82. The van der Waals surface area contributed by atoms with Crippen LogP contribution in [-0.2, 0) is 9.47 Å². The van der Waals surface area contributed by atoms with Crippen LogP contribution in [0.15, 0.2) is 0 Å². The van der Waals surface area contributed by atoms with E-state index in [2.05, 4.69) is 6.92 Å². The van der Waals surface area contributed by atoms with Gasteiger partial charge in [-0.1, -0.05) is 19.8 Å². The number of hydrogen-bond donors (Lipinski definition) is 1. The first-order valence-electron chi connectivity index (χ1n) is 4.26. The highest BCUT2D eigenvalue weighted by Crippen LogP contribution is 2.13. The summed E-state index contributed by atoms with van der Waals surface area (Å²) in [5.74, 6) is 0. The van der Waals surface area contributed by atoms with Gasteiger partial charge in [0.15, 0.2) is 6.29 Å². The van der Waals surface area contributed by atoms with Crippen LogP contribution in [0.4, 0.5) is 0 Å². The summed E-state index contributed by atoms with van der Waals surface area (Å²) in [7, 11) is 0. The lowest BCUT2D eigenvalue weighted by atomic mass is 10.1. The van der Waals surface area contributed by atoms with E-state index in [4.69, 9.17) is 9.47 Å². The molecular weight excluding hydrogens is 144 g/mol. The number of aliphatic hydroxyl groups is 1. The summed E-state index contributed by atoms with van der Waals surface area (Å²) < 4.78 is 10.3. The molecule has 66 valence electrons. The molecule has 1 N–H and O–H groups in total. The van der Waals surface area contributed by atoms with Crippen molar-refractivity contribution in [1.82, 2.24) is 0 Å². The second-order valence-corrected chi connectivity index (χ2v) is 2.82. The van der Waals surface area contributed by atoms with E-state index >= 15 is 0 Å². The van der Waals surface area contributed by atoms with Crippen LogP contribution < -0.4 is 0 Å². The zero-order valence-electron chi connectivity index (χ0n) is 6.95. The van der Waals surface area contributed by atoms with Crippen molar-refractivity contribution in [2.24, 2.45) is 0 Å². The molecule has 1 aliphatic rings. The Kier molecular flexibility index (Phi) is 3.83. The van der Waals surface area contributed by atoms with Crippen molar-refractivity contribution in [3.05, 3.63) is 0 Å². The second-order valence-electron chi connectivity index (χ2n) is 2.82. The average molecular weight is 160 g/mol. The van der Waals surface area contributed by atoms with E-state index in [0.29, 0.717) is 13.2 Å².